The van der Waals surface area contributed by atoms with Gasteiger partial charge in [0.1, 0.15) is 11.3 Å². The van der Waals surface area contributed by atoms with Crippen molar-refractivity contribution in [2.45, 2.75) is 37.2 Å². The van der Waals surface area contributed by atoms with Gasteiger partial charge in [-0.3, -0.25) is 4.68 Å². The lowest BCUT2D eigenvalue weighted by molar-refractivity contribution is 0.0139. The SMILES string of the molecule is COc1cnn(CCN(C)C)c1C1(O)CCCSC1C. The van der Waals surface area contributed by atoms with Crippen molar-refractivity contribution in [3.63, 3.8) is 0 Å². The van der Waals surface area contributed by atoms with Crippen molar-refractivity contribution in [2.24, 2.45) is 0 Å². The van der Waals surface area contributed by atoms with Crippen molar-refractivity contribution < 1.29 is 9.84 Å². The highest BCUT2D eigenvalue weighted by atomic mass is 32.2. The molecular weight excluding hydrogens is 274 g/mol. The lowest BCUT2D eigenvalue weighted by Gasteiger charge is -2.38. The second-order valence-electron chi connectivity index (χ2n) is 5.63. The molecule has 2 rings (SSSR count). The number of likely N-dealkylation sites (N-methyl/N-ethyl adjacent to an activating group) is 1. The van der Waals surface area contributed by atoms with Crippen LogP contribution in [0.3, 0.4) is 0 Å². The average Bonchev–Trinajstić information content (AvgIpc) is 2.83. The van der Waals surface area contributed by atoms with Crippen LogP contribution < -0.4 is 4.74 Å². The molecular formula is C14H25N3O2S. The molecule has 0 bridgehead atoms. The molecule has 1 N–H and O–H groups in total. The van der Waals surface area contributed by atoms with Crippen molar-refractivity contribution in [2.75, 3.05) is 33.5 Å². The van der Waals surface area contributed by atoms with Gasteiger partial charge < -0.3 is 14.7 Å². The Labute approximate surface area is 125 Å². The highest BCUT2D eigenvalue weighted by Gasteiger charge is 2.43. The fourth-order valence-corrected chi connectivity index (χ4v) is 3.84. The van der Waals surface area contributed by atoms with Gasteiger partial charge in [-0.25, -0.2) is 0 Å². The van der Waals surface area contributed by atoms with Crippen LogP contribution in [0.15, 0.2) is 6.20 Å². The Morgan fingerprint density at radius 3 is 2.95 bits per heavy atom. The van der Waals surface area contributed by atoms with Gasteiger partial charge in [0.05, 0.1) is 19.9 Å². The molecule has 5 nitrogen and oxygen atoms in total. The van der Waals surface area contributed by atoms with Gasteiger partial charge >= 0.3 is 0 Å². The standard InChI is InChI=1S/C14H25N3O2S/c1-11-14(18,6-5-9-20-11)13-12(19-4)10-15-17(13)8-7-16(2)3/h10-11,18H,5-9H2,1-4H3. The molecule has 0 aromatic carbocycles. The quantitative estimate of drug-likeness (QED) is 0.894. The molecule has 0 aliphatic carbocycles. The molecule has 1 aromatic heterocycles. The monoisotopic (exact) mass is 299 g/mol. The van der Waals surface area contributed by atoms with Gasteiger partial charge in [-0.2, -0.15) is 16.9 Å². The van der Waals surface area contributed by atoms with Gasteiger partial charge in [0.25, 0.3) is 0 Å². The summed E-state index contributed by atoms with van der Waals surface area (Å²) in [6.07, 6.45) is 3.51. The number of nitrogens with zero attached hydrogens (tertiary/aromatic N) is 3. The lowest BCUT2D eigenvalue weighted by Crippen LogP contribution is -2.41. The van der Waals surface area contributed by atoms with Gasteiger partial charge in [0.2, 0.25) is 0 Å². The van der Waals surface area contributed by atoms with Crippen LogP contribution in [0.4, 0.5) is 0 Å². The van der Waals surface area contributed by atoms with Crippen LogP contribution in [0, 0.1) is 0 Å². The molecule has 1 aliphatic heterocycles. The van der Waals surface area contributed by atoms with E-state index in [0.29, 0.717) is 5.75 Å². The third-order valence-corrected chi connectivity index (χ3v) is 5.35. The van der Waals surface area contributed by atoms with Crippen LogP contribution in [0.1, 0.15) is 25.5 Å². The summed E-state index contributed by atoms with van der Waals surface area (Å²) in [5.74, 6) is 1.80. The number of aromatic nitrogens is 2. The van der Waals surface area contributed by atoms with E-state index in [1.807, 2.05) is 30.5 Å². The second kappa shape index (κ2) is 6.37. The molecule has 2 heterocycles. The number of methoxy groups -OCH3 is 1. The number of hydrogen-bond donors (Lipinski definition) is 1. The smallest absolute Gasteiger partial charge is 0.162 e. The van der Waals surface area contributed by atoms with E-state index in [1.54, 1.807) is 13.3 Å². The predicted octanol–water partition coefficient (Wildman–Crippen LogP) is 1.56. The molecule has 1 fully saturated rings. The highest BCUT2D eigenvalue weighted by molar-refractivity contribution is 8.00. The molecule has 1 aliphatic rings. The Hall–Kier alpha value is -0.720. The Morgan fingerprint density at radius 1 is 1.60 bits per heavy atom. The van der Waals surface area contributed by atoms with Crippen LogP contribution in [-0.2, 0) is 12.1 Å². The van der Waals surface area contributed by atoms with E-state index in [9.17, 15) is 5.11 Å². The molecule has 2 unspecified atom stereocenters. The molecule has 1 saturated heterocycles. The summed E-state index contributed by atoms with van der Waals surface area (Å²) in [7, 11) is 5.71. The van der Waals surface area contributed by atoms with Crippen LogP contribution in [0.2, 0.25) is 0 Å². The Bertz CT molecular complexity index is 450. The third kappa shape index (κ3) is 2.97. The van der Waals surface area contributed by atoms with E-state index in [4.69, 9.17) is 4.74 Å². The number of ether oxygens (including phenoxy) is 1. The Balaban J connectivity index is 2.34. The van der Waals surface area contributed by atoms with Crippen LogP contribution in [0.25, 0.3) is 0 Å². The number of hydrogen-bond acceptors (Lipinski definition) is 5. The first-order chi connectivity index (χ1) is 9.49. The fraction of sp³-hybridized carbons (Fsp3) is 0.786. The van der Waals surface area contributed by atoms with Crippen molar-refractivity contribution in [1.82, 2.24) is 14.7 Å². The molecule has 0 spiro atoms. The first-order valence-electron chi connectivity index (χ1n) is 7.08. The maximum atomic E-state index is 11.2. The van der Waals surface area contributed by atoms with E-state index in [-0.39, 0.29) is 5.25 Å². The Kier molecular flexibility index (Phi) is 4.99. The largest absolute Gasteiger partial charge is 0.493 e. The average molecular weight is 299 g/mol. The molecule has 6 heteroatoms. The summed E-state index contributed by atoms with van der Waals surface area (Å²) in [6, 6.07) is 0. The van der Waals surface area contributed by atoms with E-state index in [1.165, 1.54) is 0 Å². The highest BCUT2D eigenvalue weighted by Crippen LogP contribution is 2.44. The summed E-state index contributed by atoms with van der Waals surface area (Å²) < 4.78 is 7.34. The van der Waals surface area contributed by atoms with Crippen LogP contribution >= 0.6 is 11.8 Å². The maximum Gasteiger partial charge on any atom is 0.162 e. The summed E-state index contributed by atoms with van der Waals surface area (Å²) in [4.78, 5) is 2.11. The van der Waals surface area contributed by atoms with E-state index in [2.05, 4.69) is 16.9 Å². The molecule has 0 saturated carbocycles. The zero-order valence-corrected chi connectivity index (χ0v) is 13.6. The van der Waals surface area contributed by atoms with Gasteiger partial charge in [-0.05, 0) is 32.7 Å². The van der Waals surface area contributed by atoms with Crippen molar-refractivity contribution in [1.29, 1.82) is 0 Å². The van der Waals surface area contributed by atoms with Crippen molar-refractivity contribution in [3.05, 3.63) is 11.9 Å². The first kappa shape index (κ1) is 15.7. The Morgan fingerprint density at radius 2 is 2.35 bits per heavy atom. The number of aliphatic hydroxyl groups is 1. The molecule has 2 atom stereocenters. The maximum absolute atomic E-state index is 11.2. The minimum absolute atomic E-state index is 0.153. The molecule has 1 aromatic rings. The van der Waals surface area contributed by atoms with Crippen molar-refractivity contribution in [3.8, 4) is 5.75 Å². The van der Waals surface area contributed by atoms with Crippen LogP contribution in [0.5, 0.6) is 5.75 Å². The zero-order valence-electron chi connectivity index (χ0n) is 12.8. The number of rotatable bonds is 5. The molecule has 114 valence electrons. The third-order valence-electron chi connectivity index (χ3n) is 3.94. The summed E-state index contributed by atoms with van der Waals surface area (Å²) >= 11 is 1.82. The van der Waals surface area contributed by atoms with E-state index >= 15 is 0 Å². The molecule has 0 radical (unpaired) electrons. The summed E-state index contributed by atoms with van der Waals surface area (Å²) in [6.45, 7) is 3.73. The fourth-order valence-electron chi connectivity index (χ4n) is 2.67. The number of thioether (sulfide) groups is 1. The lowest BCUT2D eigenvalue weighted by atomic mass is 9.89. The summed E-state index contributed by atoms with van der Waals surface area (Å²) in [5, 5.41) is 15.7. The minimum Gasteiger partial charge on any atom is -0.493 e. The van der Waals surface area contributed by atoms with Gasteiger partial charge in [0, 0.05) is 11.8 Å². The second-order valence-corrected chi connectivity index (χ2v) is 7.08. The zero-order chi connectivity index (χ0) is 14.8. The van der Waals surface area contributed by atoms with Gasteiger partial charge in [0.15, 0.2) is 5.75 Å². The van der Waals surface area contributed by atoms with Crippen molar-refractivity contribution >= 4 is 11.8 Å². The molecule has 0 amide bonds. The predicted molar refractivity (Wildman–Crippen MR) is 82.4 cm³/mol. The van der Waals surface area contributed by atoms with Gasteiger partial charge in [-0.15, -0.1) is 0 Å². The first-order valence-corrected chi connectivity index (χ1v) is 8.13. The van der Waals surface area contributed by atoms with E-state index < -0.39 is 5.60 Å². The molecule has 20 heavy (non-hydrogen) atoms. The van der Waals surface area contributed by atoms with E-state index in [0.717, 1.165) is 37.4 Å². The topological polar surface area (TPSA) is 50.5 Å². The van der Waals surface area contributed by atoms with Gasteiger partial charge in [-0.1, -0.05) is 6.92 Å². The normalized spacial score (nSPS) is 27.0. The minimum atomic E-state index is -0.850. The summed E-state index contributed by atoms with van der Waals surface area (Å²) in [5.41, 5.74) is -0.0154. The van der Waals surface area contributed by atoms with Crippen LogP contribution in [-0.4, -0.2) is 58.5 Å².